The quantitative estimate of drug-likeness (QED) is 0.777. The molecule has 1 amide bonds. The van der Waals surface area contributed by atoms with E-state index in [9.17, 15) is 9.18 Å². The van der Waals surface area contributed by atoms with Gasteiger partial charge in [-0.3, -0.25) is 4.79 Å². The summed E-state index contributed by atoms with van der Waals surface area (Å²) in [5, 5.41) is 11.2. The Balaban J connectivity index is 2.69. The van der Waals surface area contributed by atoms with Gasteiger partial charge in [0.25, 0.3) is 5.91 Å². The standard InChI is InChI=1S/C14H17FN2O2/c1-17(2)8-7-16-14(19)12-6-5-11(4-3-9-18)13(15)10-12/h5-6,10,18H,7-9H2,1-2H3,(H,16,19). The molecule has 0 aliphatic rings. The zero-order valence-corrected chi connectivity index (χ0v) is 11.0. The van der Waals surface area contributed by atoms with Crippen LogP contribution in [0.5, 0.6) is 0 Å². The van der Waals surface area contributed by atoms with Crippen LogP contribution in [-0.4, -0.2) is 49.7 Å². The molecule has 19 heavy (non-hydrogen) atoms. The molecule has 0 radical (unpaired) electrons. The van der Waals surface area contributed by atoms with E-state index in [1.54, 1.807) is 0 Å². The molecule has 0 spiro atoms. The fourth-order valence-corrected chi connectivity index (χ4v) is 1.39. The van der Waals surface area contributed by atoms with Crippen molar-refractivity contribution in [3.05, 3.63) is 35.1 Å². The molecule has 0 atom stereocenters. The molecule has 2 N–H and O–H groups in total. The van der Waals surface area contributed by atoms with Crippen LogP contribution in [0.4, 0.5) is 4.39 Å². The Bertz CT molecular complexity index is 504. The van der Waals surface area contributed by atoms with Crippen molar-refractivity contribution in [1.29, 1.82) is 0 Å². The predicted molar refractivity (Wildman–Crippen MR) is 71.3 cm³/mol. The molecular weight excluding hydrogens is 247 g/mol. The second kappa shape index (κ2) is 7.52. The molecule has 0 aliphatic heterocycles. The molecule has 0 fully saturated rings. The largest absolute Gasteiger partial charge is 0.384 e. The van der Waals surface area contributed by atoms with Crippen molar-refractivity contribution < 1.29 is 14.3 Å². The highest BCUT2D eigenvalue weighted by molar-refractivity contribution is 5.94. The Labute approximate surface area is 112 Å². The smallest absolute Gasteiger partial charge is 0.251 e. The Morgan fingerprint density at radius 3 is 2.79 bits per heavy atom. The van der Waals surface area contributed by atoms with Gasteiger partial charge in [0.1, 0.15) is 12.4 Å². The maximum atomic E-state index is 13.6. The number of aliphatic hydroxyl groups is 1. The molecule has 102 valence electrons. The van der Waals surface area contributed by atoms with Gasteiger partial charge < -0.3 is 15.3 Å². The molecular formula is C14H17FN2O2. The number of amides is 1. The molecule has 0 bridgehead atoms. The topological polar surface area (TPSA) is 52.6 Å². The van der Waals surface area contributed by atoms with Gasteiger partial charge in [-0.2, -0.15) is 0 Å². The lowest BCUT2D eigenvalue weighted by atomic mass is 10.1. The Hall–Kier alpha value is -1.90. The molecule has 0 aromatic heterocycles. The third kappa shape index (κ3) is 5.08. The van der Waals surface area contributed by atoms with Crippen molar-refractivity contribution in [3.8, 4) is 11.8 Å². The highest BCUT2D eigenvalue weighted by atomic mass is 19.1. The van der Waals surface area contributed by atoms with Crippen molar-refractivity contribution in [2.24, 2.45) is 0 Å². The van der Waals surface area contributed by atoms with Crippen molar-refractivity contribution in [1.82, 2.24) is 10.2 Å². The lowest BCUT2D eigenvalue weighted by Gasteiger charge is -2.10. The number of nitrogens with one attached hydrogen (secondary N) is 1. The van der Waals surface area contributed by atoms with E-state index in [4.69, 9.17) is 5.11 Å². The summed E-state index contributed by atoms with van der Waals surface area (Å²) in [5.41, 5.74) is 0.421. The van der Waals surface area contributed by atoms with Crippen molar-refractivity contribution in [3.63, 3.8) is 0 Å². The number of hydrogen-bond donors (Lipinski definition) is 2. The normalized spacial score (nSPS) is 9.95. The van der Waals surface area contributed by atoms with Crippen LogP contribution < -0.4 is 5.32 Å². The van der Waals surface area contributed by atoms with E-state index in [2.05, 4.69) is 17.2 Å². The van der Waals surface area contributed by atoms with E-state index in [-0.39, 0.29) is 23.6 Å². The molecule has 0 saturated carbocycles. The number of halogens is 1. The number of hydrogen-bond acceptors (Lipinski definition) is 3. The van der Waals surface area contributed by atoms with Crippen LogP contribution in [0.25, 0.3) is 0 Å². The molecule has 5 heteroatoms. The molecule has 0 unspecified atom stereocenters. The summed E-state index contributed by atoms with van der Waals surface area (Å²) in [4.78, 5) is 13.7. The number of benzene rings is 1. The summed E-state index contributed by atoms with van der Waals surface area (Å²) in [7, 11) is 3.81. The van der Waals surface area contributed by atoms with Gasteiger partial charge in [-0.1, -0.05) is 11.8 Å². The van der Waals surface area contributed by atoms with Gasteiger partial charge in [0.05, 0.1) is 5.56 Å². The maximum Gasteiger partial charge on any atom is 0.251 e. The van der Waals surface area contributed by atoms with Gasteiger partial charge in [-0.05, 0) is 32.3 Å². The van der Waals surface area contributed by atoms with Crippen LogP contribution >= 0.6 is 0 Å². The van der Waals surface area contributed by atoms with E-state index < -0.39 is 5.82 Å². The first-order valence-corrected chi connectivity index (χ1v) is 5.87. The summed E-state index contributed by atoms with van der Waals surface area (Å²) in [5.74, 6) is 3.95. The summed E-state index contributed by atoms with van der Waals surface area (Å²) < 4.78 is 13.6. The molecule has 4 nitrogen and oxygen atoms in total. The molecule has 1 rings (SSSR count). The number of carbonyl (C=O) groups is 1. The summed E-state index contributed by atoms with van der Waals surface area (Å²) in [6.07, 6.45) is 0. The predicted octanol–water partition coefficient (Wildman–Crippen LogP) is 0.461. The first-order valence-electron chi connectivity index (χ1n) is 5.87. The Morgan fingerprint density at radius 1 is 1.47 bits per heavy atom. The molecule has 0 heterocycles. The van der Waals surface area contributed by atoms with E-state index in [0.29, 0.717) is 13.1 Å². The van der Waals surface area contributed by atoms with Gasteiger partial charge >= 0.3 is 0 Å². The Kier molecular flexibility index (Phi) is 6.00. The molecule has 1 aromatic rings. The van der Waals surface area contributed by atoms with E-state index in [1.807, 2.05) is 19.0 Å². The van der Waals surface area contributed by atoms with Gasteiger partial charge in [0.2, 0.25) is 0 Å². The third-order valence-corrected chi connectivity index (χ3v) is 2.38. The highest BCUT2D eigenvalue weighted by Crippen LogP contribution is 2.09. The molecule has 0 saturated heterocycles. The Morgan fingerprint density at radius 2 is 2.21 bits per heavy atom. The van der Waals surface area contributed by atoms with Crippen LogP contribution in [0.2, 0.25) is 0 Å². The maximum absolute atomic E-state index is 13.6. The van der Waals surface area contributed by atoms with E-state index in [1.165, 1.54) is 12.1 Å². The highest BCUT2D eigenvalue weighted by Gasteiger charge is 2.08. The van der Waals surface area contributed by atoms with E-state index in [0.717, 1.165) is 6.07 Å². The van der Waals surface area contributed by atoms with Gasteiger partial charge in [-0.25, -0.2) is 4.39 Å². The van der Waals surface area contributed by atoms with Crippen molar-refractivity contribution in [2.75, 3.05) is 33.8 Å². The second-order valence-corrected chi connectivity index (χ2v) is 4.21. The second-order valence-electron chi connectivity index (χ2n) is 4.21. The number of rotatable bonds is 4. The minimum Gasteiger partial charge on any atom is -0.384 e. The van der Waals surface area contributed by atoms with E-state index >= 15 is 0 Å². The number of carbonyl (C=O) groups excluding carboxylic acids is 1. The number of aliphatic hydroxyl groups excluding tert-OH is 1. The summed E-state index contributed by atoms with van der Waals surface area (Å²) >= 11 is 0. The van der Waals surface area contributed by atoms with Crippen LogP contribution in [0.15, 0.2) is 18.2 Å². The fraction of sp³-hybridized carbons (Fsp3) is 0.357. The summed E-state index contributed by atoms with van der Waals surface area (Å²) in [6, 6.07) is 4.08. The molecule has 0 aliphatic carbocycles. The number of likely N-dealkylation sites (N-methyl/N-ethyl adjacent to an activating group) is 1. The van der Waals surface area contributed by atoms with Crippen LogP contribution in [0, 0.1) is 17.7 Å². The van der Waals surface area contributed by atoms with Crippen molar-refractivity contribution >= 4 is 5.91 Å². The zero-order chi connectivity index (χ0) is 14.3. The van der Waals surface area contributed by atoms with Gasteiger partial charge in [0, 0.05) is 18.7 Å². The van der Waals surface area contributed by atoms with Crippen molar-refractivity contribution in [2.45, 2.75) is 0 Å². The van der Waals surface area contributed by atoms with Gasteiger partial charge in [0.15, 0.2) is 0 Å². The monoisotopic (exact) mass is 264 g/mol. The van der Waals surface area contributed by atoms with Crippen LogP contribution in [0.3, 0.4) is 0 Å². The third-order valence-electron chi connectivity index (χ3n) is 2.38. The minimum atomic E-state index is -0.568. The SMILES string of the molecule is CN(C)CCNC(=O)c1ccc(C#CCO)c(F)c1. The summed E-state index contributed by atoms with van der Waals surface area (Å²) in [6.45, 7) is 0.889. The molecule has 1 aromatic carbocycles. The fourth-order valence-electron chi connectivity index (χ4n) is 1.39. The average molecular weight is 264 g/mol. The minimum absolute atomic E-state index is 0.166. The first-order chi connectivity index (χ1) is 9.04. The van der Waals surface area contributed by atoms with Crippen LogP contribution in [-0.2, 0) is 0 Å². The van der Waals surface area contributed by atoms with Gasteiger partial charge in [-0.15, -0.1) is 0 Å². The average Bonchev–Trinajstić information content (AvgIpc) is 2.36. The lowest BCUT2D eigenvalue weighted by molar-refractivity contribution is 0.0950. The van der Waals surface area contributed by atoms with Crippen LogP contribution in [0.1, 0.15) is 15.9 Å². The lowest BCUT2D eigenvalue weighted by Crippen LogP contribution is -2.31. The zero-order valence-electron chi connectivity index (χ0n) is 11.0. The number of nitrogens with zero attached hydrogens (tertiary/aromatic N) is 1. The first kappa shape index (κ1) is 15.2.